The molecule has 0 aromatic carbocycles. The SMILES string of the molecule is CCC(C)(C)CNCCCCCO. The summed E-state index contributed by atoms with van der Waals surface area (Å²) >= 11 is 0. The normalized spacial score (nSPS) is 12.0. The maximum absolute atomic E-state index is 8.57. The van der Waals surface area contributed by atoms with Crippen molar-refractivity contribution < 1.29 is 5.11 Å². The van der Waals surface area contributed by atoms with Crippen LogP contribution in [0.5, 0.6) is 0 Å². The summed E-state index contributed by atoms with van der Waals surface area (Å²) in [6.07, 6.45) is 4.48. The molecule has 0 aliphatic heterocycles. The Hall–Kier alpha value is -0.0800. The molecule has 0 saturated heterocycles. The third kappa shape index (κ3) is 8.26. The second-order valence-corrected chi connectivity index (χ2v) is 4.48. The van der Waals surface area contributed by atoms with Gasteiger partial charge in [-0.1, -0.05) is 20.8 Å². The molecule has 0 heterocycles. The zero-order valence-corrected chi connectivity index (χ0v) is 9.40. The monoisotopic (exact) mass is 187 g/mol. The molecule has 2 nitrogen and oxygen atoms in total. The molecule has 0 fully saturated rings. The molecule has 0 aromatic rings. The van der Waals surface area contributed by atoms with Gasteiger partial charge in [0.1, 0.15) is 0 Å². The highest BCUT2D eigenvalue weighted by molar-refractivity contribution is 4.68. The second-order valence-electron chi connectivity index (χ2n) is 4.48. The maximum Gasteiger partial charge on any atom is 0.0431 e. The fourth-order valence-corrected chi connectivity index (χ4v) is 1.09. The first-order chi connectivity index (χ1) is 6.12. The number of nitrogens with one attached hydrogen (secondary N) is 1. The smallest absolute Gasteiger partial charge is 0.0431 e. The van der Waals surface area contributed by atoms with Crippen LogP contribution in [0.25, 0.3) is 0 Å². The van der Waals surface area contributed by atoms with Gasteiger partial charge < -0.3 is 10.4 Å². The molecule has 0 unspecified atom stereocenters. The Morgan fingerprint density at radius 2 is 1.85 bits per heavy atom. The van der Waals surface area contributed by atoms with E-state index in [2.05, 4.69) is 26.1 Å². The van der Waals surface area contributed by atoms with Crippen LogP contribution in [-0.4, -0.2) is 24.8 Å². The molecule has 80 valence electrons. The van der Waals surface area contributed by atoms with Gasteiger partial charge in [0.15, 0.2) is 0 Å². The van der Waals surface area contributed by atoms with Gasteiger partial charge in [0.05, 0.1) is 0 Å². The number of aliphatic hydroxyl groups is 1. The van der Waals surface area contributed by atoms with Gasteiger partial charge in [0, 0.05) is 13.2 Å². The van der Waals surface area contributed by atoms with Crippen LogP contribution >= 0.6 is 0 Å². The van der Waals surface area contributed by atoms with Gasteiger partial charge >= 0.3 is 0 Å². The van der Waals surface area contributed by atoms with Gasteiger partial charge in [-0.05, 0) is 37.6 Å². The average Bonchev–Trinajstić information content (AvgIpc) is 2.11. The zero-order chi connectivity index (χ0) is 10.2. The van der Waals surface area contributed by atoms with Crippen LogP contribution in [0.3, 0.4) is 0 Å². The van der Waals surface area contributed by atoms with Crippen molar-refractivity contribution in [2.75, 3.05) is 19.7 Å². The van der Waals surface area contributed by atoms with Crippen LogP contribution in [0.15, 0.2) is 0 Å². The highest BCUT2D eigenvalue weighted by atomic mass is 16.2. The van der Waals surface area contributed by atoms with E-state index < -0.39 is 0 Å². The van der Waals surface area contributed by atoms with E-state index in [1.54, 1.807) is 0 Å². The Balaban J connectivity index is 3.16. The molecule has 0 radical (unpaired) electrons. The van der Waals surface area contributed by atoms with E-state index in [-0.39, 0.29) is 0 Å². The Morgan fingerprint density at radius 1 is 1.15 bits per heavy atom. The van der Waals surface area contributed by atoms with Crippen LogP contribution < -0.4 is 5.32 Å². The van der Waals surface area contributed by atoms with Crippen molar-refractivity contribution in [3.05, 3.63) is 0 Å². The lowest BCUT2D eigenvalue weighted by molar-refractivity contribution is 0.281. The van der Waals surface area contributed by atoms with Gasteiger partial charge in [-0.3, -0.25) is 0 Å². The van der Waals surface area contributed by atoms with E-state index in [9.17, 15) is 0 Å². The number of hydrogen-bond donors (Lipinski definition) is 2. The van der Waals surface area contributed by atoms with E-state index in [1.807, 2.05) is 0 Å². The Labute approximate surface area is 82.7 Å². The molecular weight excluding hydrogens is 162 g/mol. The molecule has 13 heavy (non-hydrogen) atoms. The highest BCUT2D eigenvalue weighted by Gasteiger charge is 2.13. The van der Waals surface area contributed by atoms with Gasteiger partial charge in [-0.25, -0.2) is 0 Å². The maximum atomic E-state index is 8.57. The molecule has 2 N–H and O–H groups in total. The summed E-state index contributed by atoms with van der Waals surface area (Å²) in [5.74, 6) is 0. The highest BCUT2D eigenvalue weighted by Crippen LogP contribution is 2.17. The van der Waals surface area contributed by atoms with Crippen molar-refractivity contribution in [3.8, 4) is 0 Å². The predicted octanol–water partition coefficient (Wildman–Crippen LogP) is 2.17. The van der Waals surface area contributed by atoms with Crippen LogP contribution in [0.1, 0.15) is 46.5 Å². The first-order valence-corrected chi connectivity index (χ1v) is 5.44. The lowest BCUT2D eigenvalue weighted by atomic mass is 9.90. The summed E-state index contributed by atoms with van der Waals surface area (Å²) in [6.45, 7) is 9.32. The minimum absolute atomic E-state index is 0.334. The molecule has 0 spiro atoms. The molecule has 0 atom stereocenters. The average molecular weight is 187 g/mol. The summed E-state index contributed by atoms with van der Waals surface area (Å²) < 4.78 is 0. The van der Waals surface area contributed by atoms with E-state index in [1.165, 1.54) is 12.8 Å². The molecule has 0 amide bonds. The summed E-state index contributed by atoms with van der Waals surface area (Å²) in [4.78, 5) is 0. The third-order valence-corrected chi connectivity index (χ3v) is 2.57. The largest absolute Gasteiger partial charge is 0.396 e. The fourth-order valence-electron chi connectivity index (χ4n) is 1.09. The number of unbranched alkanes of at least 4 members (excludes halogenated alkanes) is 2. The molecule has 0 aromatic heterocycles. The summed E-state index contributed by atoms with van der Waals surface area (Å²) in [7, 11) is 0. The van der Waals surface area contributed by atoms with Crippen molar-refractivity contribution >= 4 is 0 Å². The number of hydrogen-bond acceptors (Lipinski definition) is 2. The van der Waals surface area contributed by atoms with Crippen molar-refractivity contribution in [2.24, 2.45) is 5.41 Å². The first-order valence-electron chi connectivity index (χ1n) is 5.44. The zero-order valence-electron chi connectivity index (χ0n) is 9.40. The Kier molecular flexibility index (Phi) is 7.29. The molecule has 0 aliphatic rings. The number of aliphatic hydroxyl groups excluding tert-OH is 1. The lowest BCUT2D eigenvalue weighted by Gasteiger charge is -2.22. The van der Waals surface area contributed by atoms with Gasteiger partial charge in [-0.2, -0.15) is 0 Å². The quantitative estimate of drug-likeness (QED) is 0.571. The Morgan fingerprint density at radius 3 is 2.38 bits per heavy atom. The van der Waals surface area contributed by atoms with Gasteiger partial charge in [0.2, 0.25) is 0 Å². The van der Waals surface area contributed by atoms with Crippen molar-refractivity contribution in [1.82, 2.24) is 5.32 Å². The minimum atomic E-state index is 0.334. The standard InChI is InChI=1S/C11H25NO/c1-4-11(2,3)10-12-8-6-5-7-9-13/h12-13H,4-10H2,1-3H3. The molecule has 0 bridgehead atoms. The second kappa shape index (κ2) is 7.34. The third-order valence-electron chi connectivity index (χ3n) is 2.57. The summed E-state index contributed by atoms with van der Waals surface area (Å²) in [5, 5.41) is 12.0. The van der Waals surface area contributed by atoms with Crippen molar-refractivity contribution in [1.29, 1.82) is 0 Å². The van der Waals surface area contributed by atoms with E-state index in [0.717, 1.165) is 25.9 Å². The van der Waals surface area contributed by atoms with Crippen LogP contribution in [0.2, 0.25) is 0 Å². The van der Waals surface area contributed by atoms with E-state index in [4.69, 9.17) is 5.11 Å². The van der Waals surface area contributed by atoms with E-state index in [0.29, 0.717) is 12.0 Å². The molecular formula is C11H25NO. The molecule has 0 aliphatic carbocycles. The van der Waals surface area contributed by atoms with Crippen LogP contribution in [0.4, 0.5) is 0 Å². The summed E-state index contributed by atoms with van der Waals surface area (Å²) in [6, 6.07) is 0. The molecule has 0 rings (SSSR count). The minimum Gasteiger partial charge on any atom is -0.396 e. The van der Waals surface area contributed by atoms with Crippen molar-refractivity contribution in [2.45, 2.75) is 46.5 Å². The molecule has 2 heteroatoms. The predicted molar refractivity (Wildman–Crippen MR) is 57.9 cm³/mol. The topological polar surface area (TPSA) is 32.3 Å². The lowest BCUT2D eigenvalue weighted by Crippen LogP contribution is -2.29. The molecule has 0 saturated carbocycles. The van der Waals surface area contributed by atoms with Gasteiger partial charge in [0.25, 0.3) is 0 Å². The first kappa shape index (κ1) is 12.9. The van der Waals surface area contributed by atoms with Gasteiger partial charge in [-0.15, -0.1) is 0 Å². The van der Waals surface area contributed by atoms with Crippen LogP contribution in [-0.2, 0) is 0 Å². The summed E-state index contributed by atoms with van der Waals surface area (Å²) in [5.41, 5.74) is 0.428. The number of rotatable bonds is 8. The van der Waals surface area contributed by atoms with Crippen molar-refractivity contribution in [3.63, 3.8) is 0 Å². The van der Waals surface area contributed by atoms with E-state index >= 15 is 0 Å². The Bertz CT molecular complexity index is 113. The fraction of sp³-hybridized carbons (Fsp3) is 1.00. The van der Waals surface area contributed by atoms with Crippen LogP contribution in [0, 0.1) is 5.41 Å².